The highest BCUT2D eigenvalue weighted by Crippen LogP contribution is 2.42. The molecule has 1 fully saturated rings. The Morgan fingerprint density at radius 3 is 2.59 bits per heavy atom. The van der Waals surface area contributed by atoms with Crippen molar-refractivity contribution in [1.82, 2.24) is 30.7 Å². The number of hydrogen-bond donors (Lipinski definition) is 4. The lowest BCUT2D eigenvalue weighted by molar-refractivity contribution is 0.190. The van der Waals surface area contributed by atoms with E-state index in [1.54, 1.807) is 6.20 Å². The van der Waals surface area contributed by atoms with E-state index < -0.39 is 0 Å². The molecule has 1 atom stereocenters. The SMILES string of the molecule is Cn1ncc2c([C@H](Nc3cc(C#N)c4ncc(C#N)c(NCC(C)(C)C)c4c3)C3=CN(C4(C)CC4)NN3)cccc21. The Bertz CT molecular complexity index is 1780. The minimum absolute atomic E-state index is 0.0125. The fraction of sp³-hybridized carbons (Fsp3) is 0.355. The summed E-state index contributed by atoms with van der Waals surface area (Å²) in [6, 6.07) is 14.3. The van der Waals surface area contributed by atoms with Gasteiger partial charge in [-0.15, -0.1) is 5.53 Å². The lowest BCUT2D eigenvalue weighted by atomic mass is 9.96. The van der Waals surface area contributed by atoms with Crippen LogP contribution in [0.4, 0.5) is 11.4 Å². The highest BCUT2D eigenvalue weighted by Gasteiger charge is 2.44. The summed E-state index contributed by atoms with van der Waals surface area (Å²) in [5.74, 6) is 0. The molecule has 0 amide bonds. The maximum Gasteiger partial charge on any atom is 0.103 e. The molecule has 4 N–H and O–H groups in total. The zero-order chi connectivity index (χ0) is 28.9. The summed E-state index contributed by atoms with van der Waals surface area (Å²) in [4.78, 5) is 4.51. The maximum absolute atomic E-state index is 10.1. The Balaban J connectivity index is 1.48. The molecule has 0 radical (unpaired) electrons. The number of fused-ring (bicyclic) bond motifs is 2. The molecule has 1 saturated carbocycles. The summed E-state index contributed by atoms with van der Waals surface area (Å²) in [6.45, 7) is 9.29. The Kier molecular flexibility index (Phi) is 6.24. The van der Waals surface area contributed by atoms with Crippen LogP contribution in [-0.2, 0) is 7.05 Å². The molecule has 0 spiro atoms. The van der Waals surface area contributed by atoms with Crippen LogP contribution in [0.2, 0.25) is 0 Å². The van der Waals surface area contributed by atoms with E-state index in [1.165, 1.54) is 0 Å². The summed E-state index contributed by atoms with van der Waals surface area (Å²) >= 11 is 0. The van der Waals surface area contributed by atoms with Crippen molar-refractivity contribution in [2.75, 3.05) is 17.2 Å². The van der Waals surface area contributed by atoms with Crippen molar-refractivity contribution in [2.45, 2.75) is 52.1 Å². The molecule has 0 bridgehead atoms. The molecule has 6 rings (SSSR count). The number of hydrogen-bond acceptors (Lipinski definition) is 9. The Hall–Kier alpha value is -4.80. The maximum atomic E-state index is 10.1. The molecule has 10 nitrogen and oxygen atoms in total. The average molecular weight is 547 g/mol. The molecule has 4 aromatic rings. The molecule has 41 heavy (non-hydrogen) atoms. The lowest BCUT2D eigenvalue weighted by Crippen LogP contribution is -2.43. The summed E-state index contributed by atoms with van der Waals surface area (Å²) in [5.41, 5.74) is 12.7. The third-order valence-corrected chi connectivity index (χ3v) is 7.91. The lowest BCUT2D eigenvalue weighted by Gasteiger charge is -2.24. The van der Waals surface area contributed by atoms with Crippen molar-refractivity contribution in [3.63, 3.8) is 0 Å². The van der Waals surface area contributed by atoms with Crippen LogP contribution in [0.25, 0.3) is 21.8 Å². The molecule has 0 saturated heterocycles. The van der Waals surface area contributed by atoms with Crippen molar-refractivity contribution in [2.24, 2.45) is 12.5 Å². The number of nitriles is 2. The fourth-order valence-electron chi connectivity index (χ4n) is 5.23. The van der Waals surface area contributed by atoms with E-state index in [4.69, 9.17) is 0 Å². The van der Waals surface area contributed by atoms with E-state index in [-0.39, 0.29) is 17.0 Å². The van der Waals surface area contributed by atoms with Crippen LogP contribution in [0, 0.1) is 28.1 Å². The minimum atomic E-state index is -0.287. The molecular weight excluding hydrogens is 512 g/mol. The average Bonchev–Trinajstić information content (AvgIpc) is 3.32. The van der Waals surface area contributed by atoms with Gasteiger partial charge in [0, 0.05) is 42.4 Å². The van der Waals surface area contributed by atoms with Gasteiger partial charge in [-0.2, -0.15) is 15.6 Å². The molecule has 208 valence electrons. The number of benzene rings is 2. The number of nitrogens with one attached hydrogen (secondary N) is 4. The normalized spacial score (nSPS) is 16.6. The zero-order valence-corrected chi connectivity index (χ0v) is 24.0. The topological polar surface area (TPSA) is 130 Å². The monoisotopic (exact) mass is 546 g/mol. The van der Waals surface area contributed by atoms with Crippen LogP contribution >= 0.6 is 0 Å². The molecule has 1 aliphatic carbocycles. The second-order valence-electron chi connectivity index (χ2n) is 12.4. The van der Waals surface area contributed by atoms with Crippen molar-refractivity contribution in [3.05, 3.63) is 71.3 Å². The van der Waals surface area contributed by atoms with Crippen LogP contribution in [0.5, 0.6) is 0 Å². The van der Waals surface area contributed by atoms with Gasteiger partial charge >= 0.3 is 0 Å². The number of aromatic nitrogens is 3. The van der Waals surface area contributed by atoms with Crippen LogP contribution in [-0.4, -0.2) is 31.9 Å². The predicted molar refractivity (Wildman–Crippen MR) is 160 cm³/mol. The second kappa shape index (κ2) is 9.69. The van der Waals surface area contributed by atoms with Gasteiger partial charge in [-0.1, -0.05) is 32.9 Å². The van der Waals surface area contributed by atoms with E-state index in [0.29, 0.717) is 28.9 Å². The van der Waals surface area contributed by atoms with E-state index in [9.17, 15) is 10.5 Å². The summed E-state index contributed by atoms with van der Waals surface area (Å²) in [6.07, 6.45) is 7.80. The Morgan fingerprint density at radius 2 is 1.88 bits per heavy atom. The molecule has 2 aromatic heterocycles. The van der Waals surface area contributed by atoms with Gasteiger partial charge in [-0.05, 0) is 48.9 Å². The van der Waals surface area contributed by atoms with Crippen molar-refractivity contribution < 1.29 is 0 Å². The third-order valence-electron chi connectivity index (χ3n) is 7.91. The number of aryl methyl sites for hydroxylation is 1. The fourth-order valence-corrected chi connectivity index (χ4v) is 5.23. The molecule has 3 heterocycles. The third kappa shape index (κ3) is 4.88. The standard InChI is InChI=1S/C31H34N10/c1-30(2,3)18-35-28-20(14-33)15-34-27-19(13-32)11-21(12-23(27)28)37-29(25-17-41(39-38-25)31(4)9-10-31)22-7-6-8-26-24(22)16-36-40(26)5/h6-8,11-12,15-17,29,37-39H,9-10,18H2,1-5H3,(H,34,35)/t29-/m0/s1. The van der Waals surface area contributed by atoms with Crippen LogP contribution in [0.15, 0.2) is 54.6 Å². The van der Waals surface area contributed by atoms with E-state index in [1.807, 2.05) is 36.1 Å². The highest BCUT2D eigenvalue weighted by atomic mass is 15.7. The largest absolute Gasteiger partial charge is 0.383 e. The summed E-state index contributed by atoms with van der Waals surface area (Å²) in [7, 11) is 1.94. The van der Waals surface area contributed by atoms with Gasteiger partial charge in [0.05, 0.1) is 51.3 Å². The van der Waals surface area contributed by atoms with Crippen LogP contribution in [0.1, 0.15) is 63.3 Å². The number of rotatable bonds is 7. The first-order chi connectivity index (χ1) is 19.6. The summed E-state index contributed by atoms with van der Waals surface area (Å²) in [5, 5.41) is 35.6. The Labute approximate surface area is 239 Å². The number of anilines is 2. The van der Waals surface area contributed by atoms with Gasteiger partial charge in [-0.25, -0.2) is 0 Å². The van der Waals surface area contributed by atoms with Crippen LogP contribution < -0.4 is 21.6 Å². The smallest absolute Gasteiger partial charge is 0.103 e. The minimum Gasteiger partial charge on any atom is -0.383 e. The molecule has 1 aliphatic heterocycles. The van der Waals surface area contributed by atoms with Gasteiger partial charge < -0.3 is 16.1 Å². The quantitative estimate of drug-likeness (QED) is 0.247. The first-order valence-corrected chi connectivity index (χ1v) is 13.8. The van der Waals surface area contributed by atoms with Gasteiger partial charge in [0.25, 0.3) is 0 Å². The first kappa shape index (κ1) is 26.4. The van der Waals surface area contributed by atoms with Crippen molar-refractivity contribution in [3.8, 4) is 12.1 Å². The van der Waals surface area contributed by atoms with E-state index >= 15 is 0 Å². The van der Waals surface area contributed by atoms with Gasteiger partial charge in [-0.3, -0.25) is 14.7 Å². The molecule has 10 heteroatoms. The van der Waals surface area contributed by atoms with Crippen LogP contribution in [0.3, 0.4) is 0 Å². The number of pyridine rings is 1. The predicted octanol–water partition coefficient (Wildman–Crippen LogP) is 5.19. The first-order valence-electron chi connectivity index (χ1n) is 13.8. The Morgan fingerprint density at radius 1 is 1.10 bits per heavy atom. The second-order valence-corrected chi connectivity index (χ2v) is 12.4. The summed E-state index contributed by atoms with van der Waals surface area (Å²) < 4.78 is 1.87. The molecule has 0 unspecified atom stereocenters. The zero-order valence-electron chi connectivity index (χ0n) is 24.0. The van der Waals surface area contributed by atoms with E-state index in [0.717, 1.165) is 46.1 Å². The van der Waals surface area contributed by atoms with Gasteiger partial charge in [0.15, 0.2) is 0 Å². The highest BCUT2D eigenvalue weighted by molar-refractivity contribution is 5.99. The molecule has 2 aliphatic rings. The van der Waals surface area contributed by atoms with Gasteiger partial charge in [0.2, 0.25) is 0 Å². The molecular formula is C31H34N10. The van der Waals surface area contributed by atoms with Crippen molar-refractivity contribution >= 4 is 33.2 Å². The molecule has 2 aromatic carbocycles. The van der Waals surface area contributed by atoms with Gasteiger partial charge in [0.1, 0.15) is 12.1 Å². The number of hydrazine groups is 2. The van der Waals surface area contributed by atoms with E-state index in [2.05, 4.69) is 94.9 Å². The van der Waals surface area contributed by atoms with Crippen molar-refractivity contribution in [1.29, 1.82) is 10.5 Å². The number of nitrogens with zero attached hydrogens (tertiary/aromatic N) is 6.